The van der Waals surface area contributed by atoms with Crippen LogP contribution in [0.3, 0.4) is 0 Å². The normalized spacial score (nSPS) is 20.9. The van der Waals surface area contributed by atoms with Gasteiger partial charge in [-0.2, -0.15) is 0 Å². The average Bonchev–Trinajstić information content (AvgIpc) is 2.72. The fourth-order valence-electron chi connectivity index (χ4n) is 2.25. The zero-order valence-electron chi connectivity index (χ0n) is 8.35. The quantitative estimate of drug-likeness (QED) is 0.833. The van der Waals surface area contributed by atoms with Gasteiger partial charge < -0.3 is 5.11 Å². The lowest BCUT2D eigenvalue weighted by molar-refractivity contribution is 0.128. The van der Waals surface area contributed by atoms with Gasteiger partial charge in [-0.3, -0.25) is 0 Å². The molecule has 1 N–H and O–H groups in total. The molecule has 1 saturated carbocycles. The van der Waals surface area contributed by atoms with Crippen molar-refractivity contribution in [3.8, 4) is 0 Å². The molecule has 0 aromatic carbocycles. The van der Waals surface area contributed by atoms with Gasteiger partial charge in [0.2, 0.25) is 0 Å². The van der Waals surface area contributed by atoms with Gasteiger partial charge in [0.25, 0.3) is 0 Å². The Hall–Kier alpha value is -0.410. The second kappa shape index (κ2) is 4.89. The Morgan fingerprint density at radius 1 is 1.43 bits per heavy atom. The molecule has 0 aliphatic heterocycles. The van der Waals surface area contributed by atoms with E-state index in [1.807, 2.05) is 5.38 Å². The Morgan fingerprint density at radius 3 is 2.86 bits per heavy atom. The van der Waals surface area contributed by atoms with Crippen LogP contribution in [0.5, 0.6) is 0 Å². The van der Waals surface area contributed by atoms with Crippen molar-refractivity contribution in [2.24, 2.45) is 5.92 Å². The molecule has 14 heavy (non-hydrogen) atoms. The number of hydrogen-bond donors (Lipinski definition) is 1. The molecule has 2 nitrogen and oxygen atoms in total. The van der Waals surface area contributed by atoms with E-state index >= 15 is 0 Å². The van der Waals surface area contributed by atoms with E-state index in [0.717, 1.165) is 18.0 Å². The van der Waals surface area contributed by atoms with Crippen LogP contribution >= 0.6 is 11.3 Å². The van der Waals surface area contributed by atoms with Crippen LogP contribution < -0.4 is 0 Å². The Kier molecular flexibility index (Phi) is 3.54. The molecule has 3 heteroatoms. The van der Waals surface area contributed by atoms with Gasteiger partial charge in [0.15, 0.2) is 0 Å². The summed E-state index contributed by atoms with van der Waals surface area (Å²) in [7, 11) is 0. The van der Waals surface area contributed by atoms with Crippen LogP contribution in [-0.2, 0) is 0 Å². The maximum absolute atomic E-state index is 9.91. The molecular weight excluding hydrogens is 194 g/mol. The number of thiazole rings is 1. The van der Waals surface area contributed by atoms with Gasteiger partial charge >= 0.3 is 0 Å². The Bertz CT molecular complexity index is 254. The van der Waals surface area contributed by atoms with Crippen LogP contribution in [0.15, 0.2) is 10.9 Å². The summed E-state index contributed by atoms with van der Waals surface area (Å²) in [6, 6.07) is 0. The lowest BCUT2D eigenvalue weighted by Crippen LogP contribution is -2.11. The monoisotopic (exact) mass is 211 g/mol. The van der Waals surface area contributed by atoms with Crippen molar-refractivity contribution in [3.05, 3.63) is 16.6 Å². The smallest absolute Gasteiger partial charge is 0.0970 e. The first-order chi connectivity index (χ1) is 6.86. The molecular formula is C11H17NOS. The first kappa shape index (κ1) is 10.1. The number of aliphatic hydroxyl groups is 1. The topological polar surface area (TPSA) is 33.1 Å². The lowest BCUT2D eigenvalue weighted by atomic mass is 9.85. The Morgan fingerprint density at radius 2 is 2.21 bits per heavy atom. The maximum atomic E-state index is 9.91. The highest BCUT2D eigenvalue weighted by atomic mass is 32.1. The van der Waals surface area contributed by atoms with Gasteiger partial charge in [-0.25, -0.2) is 4.98 Å². The van der Waals surface area contributed by atoms with Gasteiger partial charge in [0.05, 0.1) is 17.3 Å². The van der Waals surface area contributed by atoms with Crippen LogP contribution in [0.1, 0.15) is 50.3 Å². The van der Waals surface area contributed by atoms with E-state index in [1.54, 1.807) is 16.8 Å². The summed E-state index contributed by atoms with van der Waals surface area (Å²) in [5.74, 6) is 0.723. The Labute approximate surface area is 89.0 Å². The predicted octanol–water partition coefficient (Wildman–Crippen LogP) is 3.15. The summed E-state index contributed by atoms with van der Waals surface area (Å²) < 4.78 is 0. The second-order valence-corrected chi connectivity index (χ2v) is 4.89. The van der Waals surface area contributed by atoms with Crippen molar-refractivity contribution < 1.29 is 5.11 Å². The van der Waals surface area contributed by atoms with Crippen molar-refractivity contribution in [2.45, 2.75) is 44.6 Å². The van der Waals surface area contributed by atoms with Crippen molar-refractivity contribution >= 4 is 11.3 Å². The van der Waals surface area contributed by atoms with Crippen LogP contribution in [0.4, 0.5) is 0 Å². The van der Waals surface area contributed by atoms with Gasteiger partial charge in [0.1, 0.15) is 0 Å². The summed E-state index contributed by atoms with van der Waals surface area (Å²) in [5, 5.41) is 11.9. The molecule has 0 radical (unpaired) electrons. The fraction of sp³-hybridized carbons (Fsp3) is 0.727. The van der Waals surface area contributed by atoms with E-state index in [2.05, 4.69) is 4.98 Å². The van der Waals surface area contributed by atoms with E-state index in [1.165, 1.54) is 32.1 Å². The molecule has 1 aromatic rings. The van der Waals surface area contributed by atoms with Crippen molar-refractivity contribution in [1.82, 2.24) is 4.98 Å². The molecule has 0 amide bonds. The van der Waals surface area contributed by atoms with Gasteiger partial charge in [-0.15, -0.1) is 11.3 Å². The molecule has 0 saturated heterocycles. The molecule has 78 valence electrons. The van der Waals surface area contributed by atoms with Crippen molar-refractivity contribution in [2.75, 3.05) is 0 Å². The average molecular weight is 211 g/mol. The minimum absolute atomic E-state index is 0.329. The van der Waals surface area contributed by atoms with Crippen LogP contribution in [0.2, 0.25) is 0 Å². The SMILES string of the molecule is OC(CC1CCCCC1)c1cscn1. The molecule has 0 spiro atoms. The zero-order chi connectivity index (χ0) is 9.80. The van der Waals surface area contributed by atoms with Gasteiger partial charge in [-0.05, 0) is 12.3 Å². The number of aliphatic hydroxyl groups excluding tert-OH is 1. The van der Waals surface area contributed by atoms with Gasteiger partial charge in [0, 0.05) is 5.38 Å². The third-order valence-electron chi connectivity index (χ3n) is 3.07. The standard InChI is InChI=1S/C11H17NOS/c13-11(10-7-14-8-12-10)6-9-4-2-1-3-5-9/h7-9,11,13H,1-6H2. The van der Waals surface area contributed by atoms with Crippen LogP contribution in [-0.4, -0.2) is 10.1 Å². The maximum Gasteiger partial charge on any atom is 0.0970 e. The highest BCUT2D eigenvalue weighted by Crippen LogP contribution is 2.31. The summed E-state index contributed by atoms with van der Waals surface area (Å²) in [4.78, 5) is 4.15. The van der Waals surface area contributed by atoms with E-state index < -0.39 is 0 Å². The third-order valence-corrected chi connectivity index (χ3v) is 3.68. The highest BCUT2D eigenvalue weighted by molar-refractivity contribution is 7.07. The van der Waals surface area contributed by atoms with Crippen molar-refractivity contribution in [1.29, 1.82) is 0 Å². The van der Waals surface area contributed by atoms with E-state index in [9.17, 15) is 5.11 Å². The molecule has 1 aliphatic rings. The number of nitrogens with zero attached hydrogens (tertiary/aromatic N) is 1. The summed E-state index contributed by atoms with van der Waals surface area (Å²) in [6.45, 7) is 0. The predicted molar refractivity (Wildman–Crippen MR) is 58.3 cm³/mol. The summed E-state index contributed by atoms with van der Waals surface area (Å²) in [6.07, 6.45) is 7.22. The molecule has 1 unspecified atom stereocenters. The lowest BCUT2D eigenvalue weighted by Gasteiger charge is -2.23. The minimum atomic E-state index is -0.329. The molecule has 1 heterocycles. The third kappa shape index (κ3) is 2.55. The molecule has 1 aliphatic carbocycles. The number of hydrogen-bond acceptors (Lipinski definition) is 3. The summed E-state index contributed by atoms with van der Waals surface area (Å²) in [5.41, 5.74) is 2.65. The highest BCUT2D eigenvalue weighted by Gasteiger charge is 2.19. The molecule has 1 atom stereocenters. The fourth-order valence-corrected chi connectivity index (χ4v) is 2.85. The molecule has 1 aromatic heterocycles. The van der Waals surface area contributed by atoms with E-state index in [-0.39, 0.29) is 6.10 Å². The first-order valence-corrected chi connectivity index (χ1v) is 6.36. The largest absolute Gasteiger partial charge is 0.387 e. The zero-order valence-corrected chi connectivity index (χ0v) is 9.17. The molecule has 2 rings (SSSR count). The van der Waals surface area contributed by atoms with Gasteiger partial charge in [-0.1, -0.05) is 32.1 Å². The molecule has 0 bridgehead atoms. The van der Waals surface area contributed by atoms with Crippen molar-refractivity contribution in [3.63, 3.8) is 0 Å². The Balaban J connectivity index is 1.84. The molecule has 1 fully saturated rings. The van der Waals surface area contributed by atoms with Crippen LogP contribution in [0.25, 0.3) is 0 Å². The first-order valence-electron chi connectivity index (χ1n) is 5.42. The second-order valence-electron chi connectivity index (χ2n) is 4.17. The van der Waals surface area contributed by atoms with E-state index in [0.29, 0.717) is 0 Å². The van der Waals surface area contributed by atoms with Crippen LogP contribution in [0, 0.1) is 5.92 Å². The van der Waals surface area contributed by atoms with E-state index in [4.69, 9.17) is 0 Å². The number of rotatable bonds is 3. The minimum Gasteiger partial charge on any atom is -0.387 e. The number of aromatic nitrogens is 1. The summed E-state index contributed by atoms with van der Waals surface area (Å²) >= 11 is 1.56.